The quantitative estimate of drug-likeness (QED) is 0.514. The van der Waals surface area contributed by atoms with Crippen molar-refractivity contribution in [1.29, 1.82) is 0 Å². The summed E-state index contributed by atoms with van der Waals surface area (Å²) >= 11 is 0. The molecule has 4 aromatic rings. The summed E-state index contributed by atoms with van der Waals surface area (Å²) in [5.41, 5.74) is 2.67. The first-order valence-corrected chi connectivity index (χ1v) is 9.23. The molecule has 0 fully saturated rings. The Morgan fingerprint density at radius 3 is 2.50 bits per heavy atom. The first kappa shape index (κ1) is 19.3. The summed E-state index contributed by atoms with van der Waals surface area (Å²) in [5.74, 6) is 0.791. The van der Waals surface area contributed by atoms with E-state index in [1.165, 1.54) is 12.1 Å². The molecule has 0 aliphatic heterocycles. The van der Waals surface area contributed by atoms with Crippen molar-refractivity contribution in [1.82, 2.24) is 15.5 Å². The summed E-state index contributed by atoms with van der Waals surface area (Å²) in [6.07, 6.45) is 0. The van der Waals surface area contributed by atoms with Crippen LogP contribution in [0.25, 0.3) is 22.8 Å². The fourth-order valence-corrected chi connectivity index (χ4v) is 2.88. The van der Waals surface area contributed by atoms with Crippen molar-refractivity contribution in [2.45, 2.75) is 6.54 Å². The number of carbonyl (C=O) groups excluding carboxylic acids is 1. The van der Waals surface area contributed by atoms with Gasteiger partial charge in [-0.1, -0.05) is 29.4 Å². The summed E-state index contributed by atoms with van der Waals surface area (Å²) in [4.78, 5) is 16.7. The number of aromatic nitrogens is 2. The van der Waals surface area contributed by atoms with Crippen LogP contribution in [0.2, 0.25) is 0 Å². The van der Waals surface area contributed by atoms with Crippen LogP contribution in [0.4, 0.5) is 4.39 Å². The van der Waals surface area contributed by atoms with Gasteiger partial charge in [-0.05, 0) is 54.1 Å². The highest BCUT2D eigenvalue weighted by molar-refractivity contribution is 5.94. The van der Waals surface area contributed by atoms with E-state index in [-0.39, 0.29) is 11.7 Å². The minimum atomic E-state index is -0.371. The van der Waals surface area contributed by atoms with E-state index in [9.17, 15) is 9.18 Å². The second kappa shape index (κ2) is 8.57. The molecular formula is C23H18FN3O3. The summed E-state index contributed by atoms with van der Waals surface area (Å²) in [7, 11) is 1.61. The zero-order valence-electron chi connectivity index (χ0n) is 16.1. The van der Waals surface area contributed by atoms with Crippen LogP contribution in [0.3, 0.4) is 0 Å². The number of nitrogens with zero attached hydrogens (tertiary/aromatic N) is 2. The van der Waals surface area contributed by atoms with E-state index in [2.05, 4.69) is 15.5 Å². The van der Waals surface area contributed by atoms with Crippen LogP contribution in [-0.2, 0) is 6.54 Å². The molecule has 1 heterocycles. The van der Waals surface area contributed by atoms with Crippen molar-refractivity contribution in [3.8, 4) is 28.6 Å². The first-order valence-electron chi connectivity index (χ1n) is 9.23. The molecule has 3 aromatic carbocycles. The topological polar surface area (TPSA) is 77.2 Å². The van der Waals surface area contributed by atoms with Gasteiger partial charge in [0.05, 0.1) is 7.11 Å². The Morgan fingerprint density at radius 1 is 1.03 bits per heavy atom. The van der Waals surface area contributed by atoms with Gasteiger partial charge in [0.15, 0.2) is 0 Å². The molecular weight excluding hydrogens is 385 g/mol. The van der Waals surface area contributed by atoms with Crippen molar-refractivity contribution < 1.29 is 18.4 Å². The molecule has 4 rings (SSSR count). The van der Waals surface area contributed by atoms with Gasteiger partial charge in [0.25, 0.3) is 11.8 Å². The predicted octanol–water partition coefficient (Wildman–Crippen LogP) is 4.48. The molecule has 0 radical (unpaired) electrons. The molecule has 0 aliphatic carbocycles. The van der Waals surface area contributed by atoms with Gasteiger partial charge in [0.1, 0.15) is 11.6 Å². The molecule has 1 N–H and O–H groups in total. The zero-order chi connectivity index (χ0) is 20.9. The van der Waals surface area contributed by atoms with E-state index in [1.54, 1.807) is 43.5 Å². The lowest BCUT2D eigenvalue weighted by Crippen LogP contribution is -2.22. The van der Waals surface area contributed by atoms with Crippen LogP contribution in [0, 0.1) is 5.82 Å². The molecule has 0 aliphatic rings. The molecule has 0 bridgehead atoms. The Balaban J connectivity index is 1.41. The third kappa shape index (κ3) is 4.35. The molecule has 0 atom stereocenters. The Labute approximate surface area is 172 Å². The lowest BCUT2D eigenvalue weighted by Gasteiger charge is -2.07. The SMILES string of the molecule is COc1ccc(CNC(=O)c2ccc(-c3nc(-c4cccc(F)c4)no3)cc2)cc1. The number of hydrogen-bond donors (Lipinski definition) is 1. The second-order valence-electron chi connectivity index (χ2n) is 6.54. The molecule has 1 aromatic heterocycles. The predicted molar refractivity (Wildman–Crippen MR) is 109 cm³/mol. The van der Waals surface area contributed by atoms with Crippen LogP contribution in [0.15, 0.2) is 77.3 Å². The second-order valence-corrected chi connectivity index (χ2v) is 6.54. The van der Waals surface area contributed by atoms with Crippen LogP contribution in [0.1, 0.15) is 15.9 Å². The molecule has 6 nitrogen and oxygen atoms in total. The highest BCUT2D eigenvalue weighted by Crippen LogP contribution is 2.23. The molecule has 7 heteroatoms. The molecule has 0 spiro atoms. The number of ether oxygens (including phenoxy) is 1. The highest BCUT2D eigenvalue weighted by Gasteiger charge is 2.12. The van der Waals surface area contributed by atoms with Gasteiger partial charge in [-0.2, -0.15) is 4.98 Å². The van der Waals surface area contributed by atoms with Crippen molar-refractivity contribution in [3.63, 3.8) is 0 Å². The summed E-state index contributed by atoms with van der Waals surface area (Å²) in [6, 6.07) is 20.3. The normalized spacial score (nSPS) is 10.6. The van der Waals surface area contributed by atoms with Gasteiger partial charge in [0.2, 0.25) is 5.82 Å². The number of amides is 1. The van der Waals surface area contributed by atoms with E-state index in [0.29, 0.717) is 35.0 Å². The van der Waals surface area contributed by atoms with Crippen molar-refractivity contribution in [2.75, 3.05) is 7.11 Å². The third-order valence-corrected chi connectivity index (χ3v) is 4.52. The number of carbonyl (C=O) groups is 1. The van der Waals surface area contributed by atoms with E-state index in [0.717, 1.165) is 11.3 Å². The number of methoxy groups -OCH3 is 1. The van der Waals surface area contributed by atoms with Crippen LogP contribution >= 0.6 is 0 Å². The van der Waals surface area contributed by atoms with Crippen molar-refractivity contribution in [2.24, 2.45) is 0 Å². The van der Waals surface area contributed by atoms with E-state index >= 15 is 0 Å². The summed E-state index contributed by atoms with van der Waals surface area (Å²) in [5, 5.41) is 6.77. The van der Waals surface area contributed by atoms with E-state index in [1.807, 2.05) is 24.3 Å². The Hall–Kier alpha value is -4.00. The minimum Gasteiger partial charge on any atom is -0.497 e. The van der Waals surface area contributed by atoms with Gasteiger partial charge in [-0.15, -0.1) is 0 Å². The Morgan fingerprint density at radius 2 is 1.80 bits per heavy atom. The smallest absolute Gasteiger partial charge is 0.258 e. The monoisotopic (exact) mass is 403 g/mol. The third-order valence-electron chi connectivity index (χ3n) is 4.52. The average molecular weight is 403 g/mol. The minimum absolute atomic E-state index is 0.191. The highest BCUT2D eigenvalue weighted by atomic mass is 19.1. The van der Waals surface area contributed by atoms with Crippen molar-refractivity contribution >= 4 is 5.91 Å². The lowest BCUT2D eigenvalue weighted by molar-refractivity contribution is 0.0951. The maximum Gasteiger partial charge on any atom is 0.258 e. The maximum absolute atomic E-state index is 13.4. The van der Waals surface area contributed by atoms with Gasteiger partial charge in [-0.3, -0.25) is 4.79 Å². The number of nitrogens with one attached hydrogen (secondary N) is 1. The number of benzene rings is 3. The lowest BCUT2D eigenvalue weighted by atomic mass is 10.1. The van der Waals surface area contributed by atoms with E-state index < -0.39 is 0 Å². The number of rotatable bonds is 6. The fourth-order valence-electron chi connectivity index (χ4n) is 2.88. The summed E-state index contributed by atoms with van der Waals surface area (Å²) < 4.78 is 23.8. The van der Waals surface area contributed by atoms with Gasteiger partial charge in [-0.25, -0.2) is 4.39 Å². The molecule has 30 heavy (non-hydrogen) atoms. The summed E-state index contributed by atoms with van der Waals surface area (Å²) in [6.45, 7) is 0.408. The zero-order valence-corrected chi connectivity index (χ0v) is 16.1. The first-order chi connectivity index (χ1) is 14.6. The molecule has 0 unspecified atom stereocenters. The number of halogens is 1. The van der Waals surface area contributed by atoms with Gasteiger partial charge >= 0.3 is 0 Å². The largest absolute Gasteiger partial charge is 0.497 e. The maximum atomic E-state index is 13.4. The Bertz CT molecular complexity index is 1160. The standard InChI is InChI=1S/C23H18FN3O3/c1-29-20-11-5-15(6-12-20)14-25-22(28)16-7-9-17(10-8-16)23-26-21(27-30-23)18-3-2-4-19(24)13-18/h2-13H,14H2,1H3,(H,25,28). The average Bonchev–Trinajstić information content (AvgIpc) is 3.28. The van der Waals surface area contributed by atoms with E-state index in [4.69, 9.17) is 9.26 Å². The number of hydrogen-bond acceptors (Lipinski definition) is 5. The van der Waals surface area contributed by atoms with Crippen molar-refractivity contribution in [3.05, 3.63) is 89.7 Å². The Kier molecular flexibility index (Phi) is 5.52. The van der Waals surface area contributed by atoms with Crippen LogP contribution in [0.5, 0.6) is 5.75 Å². The molecule has 0 saturated carbocycles. The molecule has 0 saturated heterocycles. The van der Waals surface area contributed by atoms with Gasteiger partial charge < -0.3 is 14.6 Å². The molecule has 1 amide bonds. The van der Waals surface area contributed by atoms with Crippen LogP contribution < -0.4 is 10.1 Å². The molecule has 150 valence electrons. The van der Waals surface area contributed by atoms with Gasteiger partial charge in [0, 0.05) is 23.2 Å². The fraction of sp³-hybridized carbons (Fsp3) is 0.0870. The van der Waals surface area contributed by atoms with Crippen LogP contribution in [-0.4, -0.2) is 23.2 Å².